The minimum Gasteiger partial charge on any atom is -0.490 e. The van der Waals surface area contributed by atoms with Gasteiger partial charge in [0.15, 0.2) is 0 Å². The molecular formula is C22H34O3. The second-order valence-electron chi connectivity index (χ2n) is 7.21. The van der Waals surface area contributed by atoms with E-state index in [2.05, 4.69) is 39.8 Å². The lowest BCUT2D eigenvalue weighted by molar-refractivity contribution is -0.0250. The number of allylic oxidation sites excluding steroid dienone is 1. The number of hydrogen-bond donors (Lipinski definition) is 0. The van der Waals surface area contributed by atoms with Crippen LogP contribution in [0.25, 0.3) is 0 Å². The second-order valence-corrected chi connectivity index (χ2v) is 7.21. The van der Waals surface area contributed by atoms with Crippen LogP contribution in [-0.2, 0) is 11.2 Å². The predicted octanol–water partition coefficient (Wildman–Crippen LogP) is 5.71. The zero-order chi connectivity index (χ0) is 18.3. The molecule has 3 heteroatoms. The van der Waals surface area contributed by atoms with Gasteiger partial charge in [0.25, 0.3) is 0 Å². The molecule has 0 aliphatic carbocycles. The smallest absolute Gasteiger partial charge is 0.126 e. The van der Waals surface area contributed by atoms with E-state index in [1.54, 1.807) is 0 Å². The van der Waals surface area contributed by atoms with Gasteiger partial charge in [-0.1, -0.05) is 25.5 Å². The van der Waals surface area contributed by atoms with Gasteiger partial charge in [0, 0.05) is 19.6 Å². The number of hydrogen-bond acceptors (Lipinski definition) is 3. The van der Waals surface area contributed by atoms with Crippen molar-refractivity contribution in [2.45, 2.75) is 77.9 Å². The van der Waals surface area contributed by atoms with Crippen LogP contribution in [-0.4, -0.2) is 25.4 Å². The zero-order valence-corrected chi connectivity index (χ0v) is 16.6. The summed E-state index contributed by atoms with van der Waals surface area (Å²) < 4.78 is 17.4. The average Bonchev–Trinajstić information content (AvgIpc) is 2.98. The number of ether oxygens (including phenoxy) is 3. The molecule has 0 saturated carbocycles. The first-order valence-electron chi connectivity index (χ1n) is 9.65. The molecule has 0 N–H and O–H groups in total. The van der Waals surface area contributed by atoms with E-state index in [0.717, 1.165) is 50.0 Å². The molecule has 0 fully saturated rings. The maximum absolute atomic E-state index is 5.87. The molecule has 25 heavy (non-hydrogen) atoms. The highest BCUT2D eigenvalue weighted by Gasteiger charge is 2.24. The topological polar surface area (TPSA) is 27.7 Å². The fourth-order valence-electron chi connectivity index (χ4n) is 3.54. The SMILES string of the molecule is CCC(CC)(CCCC(C)=CCOc1ccc2c(c1)OC(C)C2)OC. The Balaban J connectivity index is 1.75. The summed E-state index contributed by atoms with van der Waals surface area (Å²) in [5.41, 5.74) is 2.71. The normalized spacial score (nSPS) is 17.3. The average molecular weight is 347 g/mol. The van der Waals surface area contributed by atoms with Crippen molar-refractivity contribution in [3.05, 3.63) is 35.4 Å². The summed E-state index contributed by atoms with van der Waals surface area (Å²) in [7, 11) is 1.84. The summed E-state index contributed by atoms with van der Waals surface area (Å²) in [6, 6.07) is 6.17. The van der Waals surface area contributed by atoms with Crippen LogP contribution < -0.4 is 9.47 Å². The summed E-state index contributed by atoms with van der Waals surface area (Å²) in [5.74, 6) is 1.85. The molecule has 1 heterocycles. The third kappa shape index (κ3) is 5.50. The lowest BCUT2D eigenvalue weighted by atomic mass is 9.90. The molecule has 2 rings (SSSR count). The van der Waals surface area contributed by atoms with Crippen molar-refractivity contribution in [1.82, 2.24) is 0 Å². The molecule has 3 nitrogen and oxygen atoms in total. The predicted molar refractivity (Wildman–Crippen MR) is 104 cm³/mol. The molecule has 0 aromatic heterocycles. The molecule has 0 amide bonds. The van der Waals surface area contributed by atoms with E-state index in [-0.39, 0.29) is 11.7 Å². The van der Waals surface area contributed by atoms with E-state index < -0.39 is 0 Å². The molecular weight excluding hydrogens is 312 g/mol. The van der Waals surface area contributed by atoms with Crippen molar-refractivity contribution in [2.24, 2.45) is 0 Å². The zero-order valence-electron chi connectivity index (χ0n) is 16.6. The van der Waals surface area contributed by atoms with Crippen molar-refractivity contribution in [3.63, 3.8) is 0 Å². The Hall–Kier alpha value is -1.48. The van der Waals surface area contributed by atoms with Gasteiger partial charge in [-0.3, -0.25) is 0 Å². The van der Waals surface area contributed by atoms with Crippen molar-refractivity contribution in [1.29, 1.82) is 0 Å². The molecule has 1 aromatic carbocycles. The molecule has 0 spiro atoms. The summed E-state index contributed by atoms with van der Waals surface area (Å²) in [4.78, 5) is 0. The quantitative estimate of drug-likeness (QED) is 0.508. The van der Waals surface area contributed by atoms with E-state index >= 15 is 0 Å². The van der Waals surface area contributed by atoms with E-state index in [9.17, 15) is 0 Å². The minimum atomic E-state index is 0.0539. The second kappa shape index (κ2) is 9.28. The van der Waals surface area contributed by atoms with Crippen LogP contribution >= 0.6 is 0 Å². The molecule has 140 valence electrons. The van der Waals surface area contributed by atoms with Gasteiger partial charge in [-0.05, 0) is 63.7 Å². The molecule has 0 radical (unpaired) electrons. The molecule has 1 atom stereocenters. The Kier molecular flexibility index (Phi) is 7.37. The van der Waals surface area contributed by atoms with Crippen LogP contribution in [0.1, 0.15) is 65.4 Å². The van der Waals surface area contributed by atoms with Crippen LogP contribution in [0, 0.1) is 0 Å². The highest BCUT2D eigenvalue weighted by atomic mass is 16.5. The summed E-state index contributed by atoms with van der Waals surface area (Å²) >= 11 is 0. The van der Waals surface area contributed by atoms with Gasteiger partial charge in [-0.2, -0.15) is 0 Å². The standard InChI is InChI=1S/C22H34O3/c1-6-22(7-2,23-5)13-8-9-17(3)12-14-24-20-11-10-19-15-18(4)25-21(19)16-20/h10-12,16,18H,6-9,13-15H2,1-5H3. The van der Waals surface area contributed by atoms with E-state index in [4.69, 9.17) is 14.2 Å². The van der Waals surface area contributed by atoms with Crippen molar-refractivity contribution < 1.29 is 14.2 Å². The van der Waals surface area contributed by atoms with E-state index in [1.807, 2.05) is 19.2 Å². The van der Waals surface area contributed by atoms with Gasteiger partial charge in [0.2, 0.25) is 0 Å². The highest BCUT2D eigenvalue weighted by molar-refractivity contribution is 5.43. The van der Waals surface area contributed by atoms with Gasteiger partial charge in [-0.15, -0.1) is 0 Å². The number of fused-ring (bicyclic) bond motifs is 1. The summed E-state index contributed by atoms with van der Waals surface area (Å²) in [5, 5.41) is 0. The molecule has 1 aliphatic rings. The van der Waals surface area contributed by atoms with Gasteiger partial charge in [0.1, 0.15) is 24.2 Å². The van der Waals surface area contributed by atoms with Crippen molar-refractivity contribution in [3.8, 4) is 11.5 Å². The first-order chi connectivity index (χ1) is 12.0. The fraction of sp³-hybridized carbons (Fsp3) is 0.636. The summed E-state index contributed by atoms with van der Waals surface area (Å²) in [6.45, 7) is 9.32. The number of rotatable bonds is 10. The van der Waals surface area contributed by atoms with Gasteiger partial charge in [-0.25, -0.2) is 0 Å². The summed E-state index contributed by atoms with van der Waals surface area (Å²) in [6.07, 6.45) is 8.97. The molecule has 1 aromatic rings. The maximum atomic E-state index is 5.87. The molecule has 0 bridgehead atoms. The first kappa shape index (κ1) is 19.8. The molecule has 0 saturated heterocycles. The van der Waals surface area contributed by atoms with Gasteiger partial charge in [0.05, 0.1) is 5.60 Å². The number of methoxy groups -OCH3 is 1. The monoisotopic (exact) mass is 346 g/mol. The molecule has 1 unspecified atom stereocenters. The largest absolute Gasteiger partial charge is 0.490 e. The highest BCUT2D eigenvalue weighted by Crippen LogP contribution is 2.32. The molecule has 1 aliphatic heterocycles. The Morgan fingerprint density at radius 1 is 1.32 bits per heavy atom. The van der Waals surface area contributed by atoms with Crippen LogP contribution in [0.5, 0.6) is 11.5 Å². The maximum Gasteiger partial charge on any atom is 0.126 e. The minimum absolute atomic E-state index is 0.0539. The Bertz CT molecular complexity index is 564. The third-order valence-electron chi connectivity index (χ3n) is 5.48. The lowest BCUT2D eigenvalue weighted by Crippen LogP contribution is -2.29. The number of benzene rings is 1. The van der Waals surface area contributed by atoms with E-state index in [1.165, 1.54) is 11.1 Å². The fourth-order valence-corrected chi connectivity index (χ4v) is 3.54. The van der Waals surface area contributed by atoms with E-state index in [0.29, 0.717) is 6.61 Å². The van der Waals surface area contributed by atoms with Gasteiger partial charge < -0.3 is 14.2 Å². The van der Waals surface area contributed by atoms with Crippen LogP contribution in [0.2, 0.25) is 0 Å². The van der Waals surface area contributed by atoms with Crippen LogP contribution in [0.3, 0.4) is 0 Å². The van der Waals surface area contributed by atoms with Crippen LogP contribution in [0.4, 0.5) is 0 Å². The Labute approximate surface area is 153 Å². The van der Waals surface area contributed by atoms with Gasteiger partial charge >= 0.3 is 0 Å². The Morgan fingerprint density at radius 2 is 2.08 bits per heavy atom. The van der Waals surface area contributed by atoms with Crippen molar-refractivity contribution in [2.75, 3.05) is 13.7 Å². The van der Waals surface area contributed by atoms with Crippen molar-refractivity contribution >= 4 is 0 Å². The lowest BCUT2D eigenvalue weighted by Gasteiger charge is -2.30. The third-order valence-corrected chi connectivity index (χ3v) is 5.48. The Morgan fingerprint density at radius 3 is 2.76 bits per heavy atom. The van der Waals surface area contributed by atoms with Crippen LogP contribution in [0.15, 0.2) is 29.8 Å². The first-order valence-corrected chi connectivity index (χ1v) is 9.65.